The Bertz CT molecular complexity index is 725. The molecule has 21 heavy (non-hydrogen) atoms. The summed E-state index contributed by atoms with van der Waals surface area (Å²) in [5.74, 6) is 6.44. The molecule has 1 aliphatic carbocycles. The van der Waals surface area contributed by atoms with Crippen molar-refractivity contribution in [2.24, 2.45) is 11.6 Å². The van der Waals surface area contributed by atoms with Gasteiger partial charge in [0.2, 0.25) is 0 Å². The molecule has 1 aromatic carbocycles. The molecule has 1 heterocycles. The van der Waals surface area contributed by atoms with Crippen molar-refractivity contribution in [3.63, 3.8) is 0 Å². The molecule has 0 amide bonds. The molecular formula is C16H19N5. The number of allylic oxidation sites excluding steroid dienone is 1. The fraction of sp³-hybridized carbons (Fsp3) is 0.188. The number of nitrogens with one attached hydrogen (secondary N) is 1. The van der Waals surface area contributed by atoms with Gasteiger partial charge in [0.1, 0.15) is 5.82 Å². The molecule has 1 aliphatic rings. The number of nitrogens with two attached hydrogens (primary N) is 2. The fourth-order valence-electron chi connectivity index (χ4n) is 2.09. The third kappa shape index (κ3) is 3.32. The Balaban J connectivity index is 1.92. The quantitative estimate of drug-likeness (QED) is 0.592. The van der Waals surface area contributed by atoms with E-state index in [0.717, 1.165) is 22.2 Å². The molecule has 5 N–H and O–H groups in total. The highest BCUT2D eigenvalue weighted by atomic mass is 15.4. The molecule has 0 spiro atoms. The molecule has 1 fully saturated rings. The molecule has 5 heteroatoms. The minimum absolute atomic E-state index is 0.633. The monoisotopic (exact) mass is 281 g/mol. The Hall–Kier alpha value is -2.53. The zero-order valence-electron chi connectivity index (χ0n) is 12.0. The van der Waals surface area contributed by atoms with E-state index in [2.05, 4.69) is 10.3 Å². The van der Waals surface area contributed by atoms with Gasteiger partial charge in [-0.2, -0.15) is 0 Å². The van der Waals surface area contributed by atoms with Crippen molar-refractivity contribution < 1.29 is 0 Å². The lowest BCUT2D eigenvalue weighted by Gasteiger charge is -2.09. The second kappa shape index (κ2) is 5.46. The molecule has 5 nitrogen and oxygen atoms in total. The summed E-state index contributed by atoms with van der Waals surface area (Å²) in [6.07, 6.45) is 7.98. The lowest BCUT2D eigenvalue weighted by atomic mass is 10.1. The topological polar surface area (TPSA) is 80.2 Å². The van der Waals surface area contributed by atoms with Crippen LogP contribution >= 0.6 is 0 Å². The fourth-order valence-corrected chi connectivity index (χ4v) is 2.09. The van der Waals surface area contributed by atoms with Crippen LogP contribution in [0.15, 0.2) is 48.4 Å². The second-order valence-corrected chi connectivity index (χ2v) is 5.33. The zero-order chi connectivity index (χ0) is 14.8. The SMILES string of the molecule is CN(N)/C=C(\N)c1ccc2cnc(NC=C3CC3)cc2c1. The number of benzene rings is 1. The number of aromatic nitrogens is 1. The first-order chi connectivity index (χ1) is 10.1. The number of rotatable bonds is 4. The van der Waals surface area contributed by atoms with E-state index in [0.29, 0.717) is 5.70 Å². The minimum atomic E-state index is 0.633. The third-order valence-electron chi connectivity index (χ3n) is 3.36. The van der Waals surface area contributed by atoms with E-state index in [4.69, 9.17) is 11.6 Å². The molecule has 3 rings (SSSR count). The Morgan fingerprint density at radius 2 is 2.10 bits per heavy atom. The van der Waals surface area contributed by atoms with Crippen LogP contribution < -0.4 is 16.9 Å². The van der Waals surface area contributed by atoms with E-state index in [1.807, 2.05) is 36.7 Å². The molecule has 2 aromatic rings. The van der Waals surface area contributed by atoms with Crippen LogP contribution in [0.1, 0.15) is 18.4 Å². The summed E-state index contributed by atoms with van der Waals surface area (Å²) in [5.41, 5.74) is 9.04. The standard InChI is InChI=1S/C16H19N5/c1-21(18)10-15(17)12-4-5-13-9-20-16(7-14(13)6-12)19-8-11-2-3-11/h4-10H,2-3,17-18H2,1H3,(H,19,20)/b15-10-. The number of hydrazine groups is 1. The lowest BCUT2D eigenvalue weighted by molar-refractivity contribution is 0.486. The second-order valence-electron chi connectivity index (χ2n) is 5.33. The summed E-state index contributed by atoms with van der Waals surface area (Å²) >= 11 is 0. The normalized spacial score (nSPS) is 14.2. The van der Waals surface area contributed by atoms with E-state index in [1.54, 1.807) is 13.2 Å². The average Bonchev–Trinajstić information content (AvgIpc) is 3.27. The maximum atomic E-state index is 6.03. The molecule has 1 saturated carbocycles. The van der Waals surface area contributed by atoms with Crippen molar-refractivity contribution >= 4 is 22.3 Å². The smallest absolute Gasteiger partial charge is 0.130 e. The highest BCUT2D eigenvalue weighted by molar-refractivity contribution is 5.87. The van der Waals surface area contributed by atoms with E-state index in [1.165, 1.54) is 23.4 Å². The summed E-state index contributed by atoms with van der Waals surface area (Å²) in [4.78, 5) is 4.40. The van der Waals surface area contributed by atoms with E-state index < -0.39 is 0 Å². The third-order valence-corrected chi connectivity index (χ3v) is 3.36. The number of nitrogens with zero attached hydrogens (tertiary/aromatic N) is 2. The minimum Gasteiger partial charge on any atom is -0.397 e. The van der Waals surface area contributed by atoms with Crippen molar-refractivity contribution in [3.8, 4) is 0 Å². The molecule has 0 saturated heterocycles. The summed E-state index contributed by atoms with van der Waals surface area (Å²) in [6.45, 7) is 0. The molecular weight excluding hydrogens is 262 g/mol. The Morgan fingerprint density at radius 3 is 2.81 bits per heavy atom. The number of pyridine rings is 1. The Labute approximate surface area is 123 Å². The van der Waals surface area contributed by atoms with Gasteiger partial charge in [-0.3, -0.25) is 0 Å². The van der Waals surface area contributed by atoms with Crippen molar-refractivity contribution in [3.05, 3.63) is 54.0 Å². The first-order valence-corrected chi connectivity index (χ1v) is 6.91. The summed E-state index contributed by atoms with van der Waals surface area (Å²) in [7, 11) is 1.74. The van der Waals surface area contributed by atoms with Crippen molar-refractivity contribution in [1.29, 1.82) is 0 Å². The number of fused-ring (bicyclic) bond motifs is 1. The van der Waals surface area contributed by atoms with Crippen LogP contribution in [0.3, 0.4) is 0 Å². The Morgan fingerprint density at radius 1 is 1.29 bits per heavy atom. The number of anilines is 1. The van der Waals surface area contributed by atoms with Gasteiger partial charge in [-0.1, -0.05) is 17.7 Å². The van der Waals surface area contributed by atoms with Crippen LogP contribution in [0.4, 0.5) is 5.82 Å². The maximum Gasteiger partial charge on any atom is 0.130 e. The van der Waals surface area contributed by atoms with Crippen LogP contribution in [-0.4, -0.2) is 17.0 Å². The van der Waals surface area contributed by atoms with Crippen molar-refractivity contribution in [2.75, 3.05) is 12.4 Å². The highest BCUT2D eigenvalue weighted by Crippen LogP contribution is 2.27. The first-order valence-electron chi connectivity index (χ1n) is 6.91. The number of hydrogen-bond donors (Lipinski definition) is 3. The van der Waals surface area contributed by atoms with Gasteiger partial charge in [0.25, 0.3) is 0 Å². The van der Waals surface area contributed by atoms with Gasteiger partial charge in [-0.15, -0.1) is 0 Å². The van der Waals surface area contributed by atoms with Gasteiger partial charge >= 0.3 is 0 Å². The molecule has 0 bridgehead atoms. The molecule has 0 radical (unpaired) electrons. The molecule has 1 aromatic heterocycles. The largest absolute Gasteiger partial charge is 0.397 e. The van der Waals surface area contributed by atoms with Gasteiger partial charge in [-0.25, -0.2) is 10.8 Å². The van der Waals surface area contributed by atoms with E-state index in [-0.39, 0.29) is 0 Å². The van der Waals surface area contributed by atoms with E-state index >= 15 is 0 Å². The Kier molecular flexibility index (Phi) is 3.50. The van der Waals surface area contributed by atoms with Crippen LogP contribution in [0, 0.1) is 0 Å². The summed E-state index contributed by atoms with van der Waals surface area (Å²) in [5, 5.41) is 6.85. The molecule has 0 atom stereocenters. The zero-order valence-corrected chi connectivity index (χ0v) is 12.0. The van der Waals surface area contributed by atoms with Gasteiger partial charge in [-0.05, 0) is 35.9 Å². The number of hydrogen-bond acceptors (Lipinski definition) is 5. The predicted molar refractivity (Wildman–Crippen MR) is 86.8 cm³/mol. The van der Waals surface area contributed by atoms with Crippen LogP contribution in [-0.2, 0) is 0 Å². The summed E-state index contributed by atoms with van der Waals surface area (Å²) < 4.78 is 0. The molecule has 0 unspecified atom stereocenters. The lowest BCUT2D eigenvalue weighted by Crippen LogP contribution is -2.20. The van der Waals surface area contributed by atoms with Crippen molar-refractivity contribution in [1.82, 2.24) is 9.99 Å². The maximum absolute atomic E-state index is 6.03. The molecule has 0 aliphatic heterocycles. The first kappa shape index (κ1) is 13.5. The van der Waals surface area contributed by atoms with Crippen molar-refractivity contribution in [2.45, 2.75) is 12.8 Å². The van der Waals surface area contributed by atoms with Crippen LogP contribution in [0.25, 0.3) is 16.5 Å². The predicted octanol–water partition coefficient (Wildman–Crippen LogP) is 2.39. The van der Waals surface area contributed by atoms with Gasteiger partial charge in [0.15, 0.2) is 0 Å². The van der Waals surface area contributed by atoms with Crippen LogP contribution in [0.2, 0.25) is 0 Å². The average molecular weight is 281 g/mol. The highest BCUT2D eigenvalue weighted by Gasteiger charge is 2.10. The van der Waals surface area contributed by atoms with E-state index in [9.17, 15) is 0 Å². The van der Waals surface area contributed by atoms with Crippen LogP contribution in [0.5, 0.6) is 0 Å². The summed E-state index contributed by atoms with van der Waals surface area (Å²) in [6, 6.07) is 8.05. The van der Waals surface area contributed by atoms with Gasteiger partial charge in [0.05, 0.1) is 5.70 Å². The van der Waals surface area contributed by atoms with Gasteiger partial charge < -0.3 is 16.1 Å². The van der Waals surface area contributed by atoms with Gasteiger partial charge in [0, 0.05) is 31.0 Å². The molecule has 108 valence electrons.